The van der Waals surface area contributed by atoms with Crippen molar-refractivity contribution >= 4 is 22.7 Å². The van der Waals surface area contributed by atoms with Crippen LogP contribution in [0.3, 0.4) is 0 Å². The van der Waals surface area contributed by atoms with Crippen LogP contribution in [0.25, 0.3) is 0 Å². The van der Waals surface area contributed by atoms with E-state index in [-0.39, 0.29) is 24.6 Å². The maximum absolute atomic E-state index is 12.6. The molecule has 2 aliphatic rings. The van der Waals surface area contributed by atoms with E-state index in [9.17, 15) is 9.90 Å². The number of thioether (sulfide) groups is 1. The van der Waals surface area contributed by atoms with E-state index in [2.05, 4.69) is 4.99 Å². The summed E-state index contributed by atoms with van der Waals surface area (Å²) in [6.45, 7) is 1.39. The van der Waals surface area contributed by atoms with Gasteiger partial charge in [-0.05, 0) is 0 Å². The van der Waals surface area contributed by atoms with Crippen LogP contribution in [0.1, 0.15) is 5.56 Å². The van der Waals surface area contributed by atoms with Crippen molar-refractivity contribution in [3.63, 3.8) is 0 Å². The van der Waals surface area contributed by atoms with Crippen LogP contribution in [0, 0.1) is 0 Å². The maximum atomic E-state index is 12.6. The Labute approximate surface area is 128 Å². The van der Waals surface area contributed by atoms with Gasteiger partial charge in [-0.15, -0.1) is 11.8 Å². The quantitative estimate of drug-likeness (QED) is 0.896. The van der Waals surface area contributed by atoms with E-state index in [0.717, 1.165) is 10.6 Å². The molecule has 5 nitrogen and oxygen atoms in total. The standard InChI is InChI=1S/C15H18N2O3S/c18-8-12-9-20-7-6-17(12)15(19)13-10-21-14(16-13)11-4-2-1-3-5-11/h1-5,12-13,18H,6-10H2. The predicted molar refractivity (Wildman–Crippen MR) is 82.6 cm³/mol. The second-order valence-electron chi connectivity index (χ2n) is 5.07. The molecule has 21 heavy (non-hydrogen) atoms. The normalized spacial score (nSPS) is 25.8. The molecule has 1 fully saturated rings. The number of ether oxygens (including phenoxy) is 1. The van der Waals surface area contributed by atoms with Crippen molar-refractivity contribution in [2.75, 3.05) is 32.1 Å². The number of rotatable bonds is 3. The number of aliphatic hydroxyl groups is 1. The number of carbonyl (C=O) groups excluding carboxylic acids is 1. The first-order valence-electron chi connectivity index (χ1n) is 7.04. The number of aliphatic imine (C=N–C) groups is 1. The third-order valence-corrected chi connectivity index (χ3v) is 4.78. The topological polar surface area (TPSA) is 62.1 Å². The first-order valence-corrected chi connectivity index (χ1v) is 8.03. The third-order valence-electron chi connectivity index (χ3n) is 3.68. The van der Waals surface area contributed by atoms with Crippen molar-refractivity contribution in [3.8, 4) is 0 Å². The zero-order valence-electron chi connectivity index (χ0n) is 11.6. The van der Waals surface area contributed by atoms with Crippen molar-refractivity contribution in [2.24, 2.45) is 4.99 Å². The number of carbonyl (C=O) groups is 1. The molecule has 0 aromatic heterocycles. The van der Waals surface area contributed by atoms with Gasteiger partial charge in [0.05, 0.1) is 30.9 Å². The molecule has 1 saturated heterocycles. The van der Waals surface area contributed by atoms with Gasteiger partial charge in [-0.1, -0.05) is 30.3 Å². The lowest BCUT2D eigenvalue weighted by atomic mass is 10.2. The molecule has 3 rings (SSSR count). The van der Waals surface area contributed by atoms with Crippen molar-refractivity contribution in [1.29, 1.82) is 0 Å². The summed E-state index contributed by atoms with van der Waals surface area (Å²) < 4.78 is 5.31. The maximum Gasteiger partial charge on any atom is 0.248 e. The van der Waals surface area contributed by atoms with Crippen molar-refractivity contribution in [3.05, 3.63) is 35.9 Å². The Morgan fingerprint density at radius 2 is 2.24 bits per heavy atom. The minimum atomic E-state index is -0.350. The van der Waals surface area contributed by atoms with Crippen LogP contribution in [0.5, 0.6) is 0 Å². The first-order chi connectivity index (χ1) is 10.3. The van der Waals surface area contributed by atoms with Gasteiger partial charge >= 0.3 is 0 Å². The Morgan fingerprint density at radius 1 is 1.43 bits per heavy atom. The number of amides is 1. The highest BCUT2D eigenvalue weighted by molar-refractivity contribution is 8.14. The summed E-state index contributed by atoms with van der Waals surface area (Å²) in [6, 6.07) is 9.32. The second kappa shape index (κ2) is 6.60. The number of hydrogen-bond donors (Lipinski definition) is 1. The summed E-state index contributed by atoms with van der Waals surface area (Å²) in [5, 5.41) is 10.3. The van der Waals surface area contributed by atoms with E-state index in [1.165, 1.54) is 0 Å². The van der Waals surface area contributed by atoms with Gasteiger partial charge < -0.3 is 14.7 Å². The highest BCUT2D eigenvalue weighted by Gasteiger charge is 2.34. The average Bonchev–Trinajstić information content (AvgIpc) is 3.05. The van der Waals surface area contributed by atoms with E-state index in [1.807, 2.05) is 30.3 Å². The molecule has 2 unspecified atom stereocenters. The van der Waals surface area contributed by atoms with Crippen LogP contribution in [0.15, 0.2) is 35.3 Å². The van der Waals surface area contributed by atoms with Crippen LogP contribution >= 0.6 is 11.8 Å². The zero-order valence-corrected chi connectivity index (χ0v) is 12.5. The van der Waals surface area contributed by atoms with Crippen molar-refractivity contribution in [1.82, 2.24) is 4.90 Å². The Kier molecular flexibility index (Phi) is 4.57. The van der Waals surface area contributed by atoms with Gasteiger partial charge in [-0.25, -0.2) is 0 Å². The zero-order chi connectivity index (χ0) is 14.7. The molecule has 1 N–H and O–H groups in total. The fraction of sp³-hybridized carbons (Fsp3) is 0.467. The molecular weight excluding hydrogens is 288 g/mol. The van der Waals surface area contributed by atoms with Crippen LogP contribution in [-0.2, 0) is 9.53 Å². The molecule has 6 heteroatoms. The van der Waals surface area contributed by atoms with Crippen LogP contribution in [0.4, 0.5) is 0 Å². The van der Waals surface area contributed by atoms with Gasteiger partial charge in [0.15, 0.2) is 0 Å². The van der Waals surface area contributed by atoms with E-state index in [1.54, 1.807) is 16.7 Å². The molecule has 0 bridgehead atoms. The van der Waals surface area contributed by atoms with Gasteiger partial charge in [0.1, 0.15) is 6.04 Å². The summed E-state index contributed by atoms with van der Waals surface area (Å²) >= 11 is 1.61. The molecule has 2 aliphatic heterocycles. The smallest absolute Gasteiger partial charge is 0.248 e. The molecule has 0 spiro atoms. The SMILES string of the molecule is O=C(C1CSC(c2ccccc2)=N1)N1CCOCC1CO. The fourth-order valence-electron chi connectivity index (χ4n) is 2.53. The van der Waals surface area contributed by atoms with Gasteiger partial charge in [0.2, 0.25) is 5.91 Å². The van der Waals surface area contributed by atoms with Gasteiger partial charge in [0, 0.05) is 17.9 Å². The molecule has 2 heterocycles. The Hall–Kier alpha value is -1.37. The van der Waals surface area contributed by atoms with Gasteiger partial charge in [-0.2, -0.15) is 0 Å². The Balaban J connectivity index is 1.73. The van der Waals surface area contributed by atoms with Crippen LogP contribution < -0.4 is 0 Å². The summed E-state index contributed by atoms with van der Waals surface area (Å²) in [4.78, 5) is 18.9. The molecule has 2 atom stereocenters. The molecular formula is C15H18N2O3S. The van der Waals surface area contributed by atoms with E-state index in [0.29, 0.717) is 25.5 Å². The molecule has 0 saturated carbocycles. The van der Waals surface area contributed by atoms with Gasteiger partial charge in [0.25, 0.3) is 0 Å². The second-order valence-corrected chi connectivity index (χ2v) is 6.08. The molecule has 0 aliphatic carbocycles. The minimum Gasteiger partial charge on any atom is -0.394 e. The van der Waals surface area contributed by atoms with E-state index < -0.39 is 0 Å². The number of aliphatic hydroxyl groups excluding tert-OH is 1. The number of benzene rings is 1. The van der Waals surface area contributed by atoms with Crippen molar-refractivity contribution < 1.29 is 14.6 Å². The lowest BCUT2D eigenvalue weighted by molar-refractivity contribution is -0.142. The Bertz CT molecular complexity index is 535. The number of morpholine rings is 1. The fourth-order valence-corrected chi connectivity index (χ4v) is 3.56. The minimum absolute atomic E-state index is 0.00391. The lowest BCUT2D eigenvalue weighted by Crippen LogP contribution is -2.53. The summed E-state index contributed by atoms with van der Waals surface area (Å²) in [6.07, 6.45) is 0. The van der Waals surface area contributed by atoms with Crippen molar-refractivity contribution in [2.45, 2.75) is 12.1 Å². The van der Waals surface area contributed by atoms with E-state index in [4.69, 9.17) is 4.74 Å². The first kappa shape index (κ1) is 14.6. The van der Waals surface area contributed by atoms with E-state index >= 15 is 0 Å². The predicted octanol–water partition coefficient (Wildman–Crippen LogP) is 0.768. The number of nitrogens with zero attached hydrogens (tertiary/aromatic N) is 2. The van der Waals surface area contributed by atoms with Gasteiger partial charge in [-0.3, -0.25) is 9.79 Å². The Morgan fingerprint density at radius 3 is 3.00 bits per heavy atom. The number of hydrogen-bond acceptors (Lipinski definition) is 5. The van der Waals surface area contributed by atoms with Crippen LogP contribution in [0.2, 0.25) is 0 Å². The molecule has 1 amide bonds. The highest BCUT2D eigenvalue weighted by Crippen LogP contribution is 2.25. The molecule has 112 valence electrons. The summed E-state index contributed by atoms with van der Waals surface area (Å²) in [5.74, 6) is 0.661. The van der Waals surface area contributed by atoms with Crippen LogP contribution in [-0.4, -0.2) is 65.2 Å². The monoisotopic (exact) mass is 306 g/mol. The lowest BCUT2D eigenvalue weighted by Gasteiger charge is -2.35. The average molecular weight is 306 g/mol. The third kappa shape index (κ3) is 3.12. The molecule has 0 radical (unpaired) electrons. The largest absolute Gasteiger partial charge is 0.394 e. The summed E-state index contributed by atoms with van der Waals surface area (Å²) in [7, 11) is 0. The molecule has 1 aromatic carbocycles. The summed E-state index contributed by atoms with van der Waals surface area (Å²) in [5.41, 5.74) is 1.05. The highest BCUT2D eigenvalue weighted by atomic mass is 32.2. The molecule has 1 aromatic rings.